The number of benzene rings is 2. The van der Waals surface area contributed by atoms with Crippen molar-refractivity contribution in [3.05, 3.63) is 71.8 Å². The molecule has 0 aliphatic heterocycles. The largest absolute Gasteiger partial charge is 0.497 e. The van der Waals surface area contributed by atoms with Crippen LogP contribution in [0.5, 0.6) is 5.75 Å². The molecular weight excluding hydrogens is 384 g/mol. The number of halogens is 1. The van der Waals surface area contributed by atoms with E-state index in [1.165, 1.54) is 11.8 Å². The van der Waals surface area contributed by atoms with Gasteiger partial charge in [0.2, 0.25) is 11.7 Å². The lowest BCUT2D eigenvalue weighted by atomic mass is 10.2. The molecule has 0 saturated heterocycles. The van der Waals surface area contributed by atoms with Crippen LogP contribution in [-0.2, 0) is 5.75 Å². The monoisotopic (exact) mass is 398 g/mol. The van der Waals surface area contributed by atoms with Crippen molar-refractivity contribution in [1.82, 2.24) is 19.7 Å². The molecule has 0 aliphatic carbocycles. The number of thioether (sulfide) groups is 1. The van der Waals surface area contributed by atoms with Crippen LogP contribution in [0.25, 0.3) is 17.1 Å². The standard InChI is InChI=1S/C19H15ClN4O2S/c1-25-16-7-5-15(6-8-16)24-10-9-21-19(24)27-12-17-22-18(23-26-17)13-3-2-4-14(20)11-13/h2-11H,12H2,1H3. The molecule has 6 nitrogen and oxygen atoms in total. The van der Waals surface area contributed by atoms with Crippen LogP contribution in [0.2, 0.25) is 5.02 Å². The van der Waals surface area contributed by atoms with E-state index < -0.39 is 0 Å². The second-order valence-corrected chi connectivity index (χ2v) is 6.97. The van der Waals surface area contributed by atoms with Crippen LogP contribution >= 0.6 is 23.4 Å². The predicted octanol–water partition coefficient (Wildman–Crippen LogP) is 4.88. The fourth-order valence-electron chi connectivity index (χ4n) is 2.52. The first-order valence-corrected chi connectivity index (χ1v) is 9.48. The zero-order chi connectivity index (χ0) is 18.6. The predicted molar refractivity (Wildman–Crippen MR) is 104 cm³/mol. The van der Waals surface area contributed by atoms with Crippen LogP contribution < -0.4 is 4.74 Å². The van der Waals surface area contributed by atoms with Gasteiger partial charge in [0.05, 0.1) is 12.9 Å². The van der Waals surface area contributed by atoms with Gasteiger partial charge in [0.15, 0.2) is 5.16 Å². The van der Waals surface area contributed by atoms with Gasteiger partial charge in [-0.15, -0.1) is 0 Å². The highest BCUT2D eigenvalue weighted by Gasteiger charge is 2.12. The molecule has 0 saturated carbocycles. The first-order valence-electron chi connectivity index (χ1n) is 8.12. The average molecular weight is 399 g/mol. The van der Waals surface area contributed by atoms with E-state index in [4.69, 9.17) is 20.9 Å². The van der Waals surface area contributed by atoms with Gasteiger partial charge < -0.3 is 9.26 Å². The number of aromatic nitrogens is 4. The summed E-state index contributed by atoms with van der Waals surface area (Å²) in [5.41, 5.74) is 1.82. The Bertz CT molecular complexity index is 1050. The molecule has 2 aromatic carbocycles. The fraction of sp³-hybridized carbons (Fsp3) is 0.105. The summed E-state index contributed by atoms with van der Waals surface area (Å²) in [5, 5.41) is 5.50. The van der Waals surface area contributed by atoms with Crippen LogP contribution in [-0.4, -0.2) is 26.8 Å². The smallest absolute Gasteiger partial charge is 0.237 e. The summed E-state index contributed by atoms with van der Waals surface area (Å²) in [6.07, 6.45) is 3.67. The Morgan fingerprint density at radius 1 is 1.19 bits per heavy atom. The van der Waals surface area contributed by atoms with Crippen molar-refractivity contribution in [3.63, 3.8) is 0 Å². The number of hydrogen-bond acceptors (Lipinski definition) is 6. The van der Waals surface area contributed by atoms with Crippen molar-refractivity contribution in [3.8, 4) is 22.8 Å². The van der Waals surface area contributed by atoms with Gasteiger partial charge in [0.25, 0.3) is 0 Å². The maximum Gasteiger partial charge on any atom is 0.237 e. The molecule has 0 spiro atoms. The molecule has 0 aliphatic rings. The summed E-state index contributed by atoms with van der Waals surface area (Å²) in [7, 11) is 1.65. The molecule has 0 amide bonds. The second-order valence-electron chi connectivity index (χ2n) is 5.59. The van der Waals surface area contributed by atoms with Gasteiger partial charge in [0.1, 0.15) is 5.75 Å². The molecule has 0 radical (unpaired) electrons. The SMILES string of the molecule is COc1ccc(-n2ccnc2SCc2nc(-c3cccc(Cl)c3)no2)cc1. The molecule has 8 heteroatoms. The Kier molecular flexibility index (Phi) is 5.13. The van der Waals surface area contributed by atoms with Gasteiger partial charge in [-0.25, -0.2) is 4.98 Å². The first kappa shape index (κ1) is 17.6. The molecule has 2 aromatic heterocycles. The van der Waals surface area contributed by atoms with E-state index in [2.05, 4.69) is 15.1 Å². The summed E-state index contributed by atoms with van der Waals surface area (Å²) in [4.78, 5) is 8.85. The van der Waals surface area contributed by atoms with E-state index >= 15 is 0 Å². The second kappa shape index (κ2) is 7.85. The van der Waals surface area contributed by atoms with Crippen LogP contribution in [0.1, 0.15) is 5.89 Å². The van der Waals surface area contributed by atoms with Crippen LogP contribution in [0.15, 0.2) is 70.6 Å². The maximum absolute atomic E-state index is 6.02. The van der Waals surface area contributed by atoms with E-state index in [1.807, 2.05) is 47.2 Å². The Hall–Kier alpha value is -2.77. The van der Waals surface area contributed by atoms with Crippen LogP contribution in [0.3, 0.4) is 0 Å². The Morgan fingerprint density at radius 3 is 2.81 bits per heavy atom. The van der Waals surface area contributed by atoms with Gasteiger partial charge in [0, 0.05) is 28.7 Å². The minimum atomic E-state index is 0.515. The van der Waals surface area contributed by atoms with Crippen molar-refractivity contribution >= 4 is 23.4 Å². The Labute approximate surface area is 165 Å². The molecular formula is C19H15ClN4O2S. The molecule has 0 N–H and O–H groups in total. The molecule has 136 valence electrons. The quantitative estimate of drug-likeness (QED) is 0.431. The van der Waals surface area contributed by atoms with Gasteiger partial charge in [-0.1, -0.05) is 40.7 Å². The summed E-state index contributed by atoms with van der Waals surface area (Å²) in [5.74, 6) is 2.37. The number of nitrogens with zero attached hydrogens (tertiary/aromatic N) is 4. The van der Waals surface area contributed by atoms with Crippen LogP contribution in [0.4, 0.5) is 0 Å². The van der Waals surface area contributed by atoms with E-state index in [0.717, 1.165) is 22.2 Å². The third-order valence-electron chi connectivity index (χ3n) is 3.83. The highest BCUT2D eigenvalue weighted by molar-refractivity contribution is 7.98. The highest BCUT2D eigenvalue weighted by atomic mass is 35.5. The lowest BCUT2D eigenvalue weighted by Gasteiger charge is -2.07. The third kappa shape index (κ3) is 3.99. The third-order valence-corrected chi connectivity index (χ3v) is 5.02. The Morgan fingerprint density at radius 2 is 2.04 bits per heavy atom. The lowest BCUT2D eigenvalue weighted by Crippen LogP contribution is -1.95. The highest BCUT2D eigenvalue weighted by Crippen LogP contribution is 2.26. The first-order chi connectivity index (χ1) is 13.2. The summed E-state index contributed by atoms with van der Waals surface area (Å²) < 4.78 is 12.6. The maximum atomic E-state index is 6.02. The zero-order valence-corrected chi connectivity index (χ0v) is 15.9. The van der Waals surface area contributed by atoms with E-state index in [0.29, 0.717) is 22.5 Å². The molecule has 0 unspecified atom stereocenters. The molecule has 27 heavy (non-hydrogen) atoms. The van der Waals surface area contributed by atoms with Crippen molar-refractivity contribution in [2.45, 2.75) is 10.9 Å². The van der Waals surface area contributed by atoms with Crippen molar-refractivity contribution < 1.29 is 9.26 Å². The minimum absolute atomic E-state index is 0.515. The Balaban J connectivity index is 1.48. The number of hydrogen-bond donors (Lipinski definition) is 0. The summed E-state index contributed by atoms with van der Waals surface area (Å²) in [6.45, 7) is 0. The molecule has 0 atom stereocenters. The van der Waals surface area contributed by atoms with Crippen molar-refractivity contribution in [2.75, 3.05) is 7.11 Å². The van der Waals surface area contributed by atoms with Gasteiger partial charge >= 0.3 is 0 Å². The molecule has 4 rings (SSSR count). The van der Waals surface area contributed by atoms with Crippen LogP contribution in [0, 0.1) is 0 Å². The molecule has 4 aromatic rings. The van der Waals surface area contributed by atoms with E-state index in [-0.39, 0.29) is 0 Å². The van der Waals surface area contributed by atoms with E-state index in [9.17, 15) is 0 Å². The van der Waals surface area contributed by atoms with Gasteiger partial charge in [-0.2, -0.15) is 4.98 Å². The fourth-order valence-corrected chi connectivity index (χ4v) is 3.52. The summed E-state index contributed by atoms with van der Waals surface area (Å²) in [6, 6.07) is 15.2. The van der Waals surface area contributed by atoms with E-state index in [1.54, 1.807) is 25.4 Å². The number of ether oxygens (including phenoxy) is 1. The van der Waals surface area contributed by atoms with Crippen molar-refractivity contribution in [2.24, 2.45) is 0 Å². The van der Waals surface area contributed by atoms with Gasteiger partial charge in [-0.3, -0.25) is 4.57 Å². The van der Waals surface area contributed by atoms with Crippen molar-refractivity contribution in [1.29, 1.82) is 0 Å². The average Bonchev–Trinajstić information content (AvgIpc) is 3.36. The molecule has 0 fully saturated rings. The normalized spacial score (nSPS) is 10.9. The lowest BCUT2D eigenvalue weighted by molar-refractivity contribution is 0.391. The van der Waals surface area contributed by atoms with Gasteiger partial charge in [-0.05, 0) is 36.4 Å². The number of imidazole rings is 1. The topological polar surface area (TPSA) is 66.0 Å². The zero-order valence-electron chi connectivity index (χ0n) is 14.4. The molecule has 2 heterocycles. The minimum Gasteiger partial charge on any atom is -0.497 e. The summed E-state index contributed by atoms with van der Waals surface area (Å²) >= 11 is 7.54. The number of methoxy groups -OCH3 is 1. The molecule has 0 bridgehead atoms. The number of rotatable bonds is 6.